The van der Waals surface area contributed by atoms with E-state index in [-0.39, 0.29) is 22.8 Å². The maximum Gasteiger partial charge on any atom is 0.241 e. The molecule has 0 unspecified atom stereocenters. The molecule has 2 aromatic carbocycles. The first-order valence-corrected chi connectivity index (χ1v) is 7.70. The van der Waals surface area contributed by atoms with E-state index in [0.717, 1.165) is 5.56 Å². The van der Waals surface area contributed by atoms with Crippen LogP contribution in [0, 0.1) is 11.3 Å². The van der Waals surface area contributed by atoms with Crippen molar-refractivity contribution < 1.29 is 13.2 Å². The number of nitriles is 1. The molecule has 0 atom stereocenters. The minimum absolute atomic E-state index is 0.00258. The molecule has 2 rings (SSSR count). The van der Waals surface area contributed by atoms with Gasteiger partial charge in [-0.25, -0.2) is 13.1 Å². The lowest BCUT2D eigenvalue weighted by Gasteiger charge is -2.11. The Balaban J connectivity index is 2.33. The smallest absolute Gasteiger partial charge is 0.241 e. The highest BCUT2D eigenvalue weighted by Gasteiger charge is 2.20. The van der Waals surface area contributed by atoms with E-state index in [4.69, 9.17) is 4.74 Å². The predicted molar refractivity (Wildman–Crippen MR) is 78.2 cm³/mol. The molecule has 0 radical (unpaired) electrons. The average molecular weight is 302 g/mol. The van der Waals surface area contributed by atoms with E-state index in [1.807, 2.05) is 36.4 Å². The van der Waals surface area contributed by atoms with Gasteiger partial charge in [0.15, 0.2) is 0 Å². The van der Waals surface area contributed by atoms with Crippen LogP contribution in [0.4, 0.5) is 0 Å². The van der Waals surface area contributed by atoms with Crippen LogP contribution in [0.5, 0.6) is 5.75 Å². The number of nitrogens with one attached hydrogen (secondary N) is 1. The maximum atomic E-state index is 11.9. The van der Waals surface area contributed by atoms with Gasteiger partial charge < -0.3 is 4.74 Å². The summed E-state index contributed by atoms with van der Waals surface area (Å²) in [5.41, 5.74) is 0.936. The number of sulfonamides is 1. The third kappa shape index (κ3) is 3.40. The molecule has 0 aliphatic rings. The molecule has 0 saturated carbocycles. The Kier molecular flexibility index (Phi) is 4.58. The van der Waals surface area contributed by atoms with Gasteiger partial charge in [0, 0.05) is 0 Å². The van der Waals surface area contributed by atoms with Crippen molar-refractivity contribution in [3.8, 4) is 11.8 Å². The van der Waals surface area contributed by atoms with Crippen LogP contribution in [0.15, 0.2) is 53.4 Å². The summed E-state index contributed by atoms with van der Waals surface area (Å²) in [6.07, 6.45) is 0. The van der Waals surface area contributed by atoms with Crippen LogP contribution < -0.4 is 9.46 Å². The summed E-state index contributed by atoms with van der Waals surface area (Å²) in [6.45, 7) is 0.262. The van der Waals surface area contributed by atoms with E-state index in [1.165, 1.54) is 13.1 Å². The highest BCUT2D eigenvalue weighted by molar-refractivity contribution is 7.89. The first-order chi connectivity index (χ1) is 10.1. The lowest BCUT2D eigenvalue weighted by atomic mass is 10.2. The molecule has 2 aromatic rings. The highest BCUT2D eigenvalue weighted by Crippen LogP contribution is 2.25. The maximum absolute atomic E-state index is 11.9. The largest absolute Gasteiger partial charge is 0.487 e. The third-order valence-corrected chi connectivity index (χ3v) is 4.35. The SMILES string of the molecule is CNS(=O)(=O)c1cccc(OCc2ccccc2)c1C#N. The van der Waals surface area contributed by atoms with E-state index >= 15 is 0 Å². The lowest BCUT2D eigenvalue weighted by Crippen LogP contribution is -2.20. The van der Waals surface area contributed by atoms with Crippen LogP contribution in [-0.4, -0.2) is 15.5 Å². The Morgan fingerprint density at radius 2 is 1.86 bits per heavy atom. The molecule has 108 valence electrons. The highest BCUT2D eigenvalue weighted by atomic mass is 32.2. The van der Waals surface area contributed by atoms with Crippen LogP contribution >= 0.6 is 0 Å². The van der Waals surface area contributed by atoms with Gasteiger partial charge in [0.2, 0.25) is 10.0 Å². The fraction of sp³-hybridized carbons (Fsp3) is 0.133. The normalized spacial score (nSPS) is 10.9. The van der Waals surface area contributed by atoms with Crippen molar-refractivity contribution in [3.05, 3.63) is 59.7 Å². The van der Waals surface area contributed by atoms with Gasteiger partial charge in [0.05, 0.1) is 0 Å². The second-order valence-corrected chi connectivity index (χ2v) is 6.08. The van der Waals surface area contributed by atoms with Crippen LogP contribution in [0.1, 0.15) is 11.1 Å². The molecule has 0 aromatic heterocycles. The molecule has 0 aliphatic heterocycles. The molecule has 0 fully saturated rings. The quantitative estimate of drug-likeness (QED) is 0.916. The molecule has 6 heteroatoms. The van der Waals surface area contributed by atoms with Crippen LogP contribution in [0.25, 0.3) is 0 Å². The van der Waals surface area contributed by atoms with E-state index < -0.39 is 10.0 Å². The number of benzene rings is 2. The average Bonchev–Trinajstić information content (AvgIpc) is 2.53. The molecule has 0 bridgehead atoms. The van der Waals surface area contributed by atoms with Gasteiger partial charge in [0.25, 0.3) is 0 Å². The van der Waals surface area contributed by atoms with Gasteiger partial charge in [-0.2, -0.15) is 5.26 Å². The van der Waals surface area contributed by atoms with Crippen molar-refractivity contribution in [2.75, 3.05) is 7.05 Å². The minimum atomic E-state index is -3.70. The summed E-state index contributed by atoms with van der Waals surface area (Å²) < 4.78 is 31.6. The summed E-state index contributed by atoms with van der Waals surface area (Å²) in [5, 5.41) is 9.23. The molecule has 0 saturated heterocycles. The van der Waals surface area contributed by atoms with E-state index in [0.29, 0.717) is 0 Å². The third-order valence-electron chi connectivity index (χ3n) is 2.90. The van der Waals surface area contributed by atoms with Crippen molar-refractivity contribution in [2.45, 2.75) is 11.5 Å². The van der Waals surface area contributed by atoms with Crippen molar-refractivity contribution in [2.24, 2.45) is 0 Å². The summed E-state index contributed by atoms with van der Waals surface area (Å²) in [5.74, 6) is 0.248. The zero-order chi connectivity index (χ0) is 15.3. The van der Waals surface area contributed by atoms with Crippen LogP contribution in [0.3, 0.4) is 0 Å². The van der Waals surface area contributed by atoms with E-state index in [1.54, 1.807) is 12.1 Å². The van der Waals surface area contributed by atoms with Gasteiger partial charge in [0.1, 0.15) is 28.9 Å². The van der Waals surface area contributed by atoms with Crippen molar-refractivity contribution >= 4 is 10.0 Å². The molecule has 0 heterocycles. The fourth-order valence-electron chi connectivity index (χ4n) is 1.81. The fourth-order valence-corrected chi connectivity index (χ4v) is 2.70. The molecule has 0 amide bonds. The second-order valence-electron chi connectivity index (χ2n) is 4.22. The Hall–Kier alpha value is -2.36. The second kappa shape index (κ2) is 6.39. The lowest BCUT2D eigenvalue weighted by molar-refractivity contribution is 0.304. The molecule has 21 heavy (non-hydrogen) atoms. The van der Waals surface area contributed by atoms with Gasteiger partial charge in [-0.15, -0.1) is 0 Å². The van der Waals surface area contributed by atoms with Gasteiger partial charge in [-0.3, -0.25) is 0 Å². The molecular weight excluding hydrogens is 288 g/mol. The van der Waals surface area contributed by atoms with Crippen LogP contribution in [-0.2, 0) is 16.6 Å². The van der Waals surface area contributed by atoms with E-state index in [2.05, 4.69) is 4.72 Å². The molecule has 1 N–H and O–H groups in total. The van der Waals surface area contributed by atoms with E-state index in [9.17, 15) is 13.7 Å². The van der Waals surface area contributed by atoms with Crippen molar-refractivity contribution in [1.29, 1.82) is 5.26 Å². The summed E-state index contributed by atoms with van der Waals surface area (Å²) >= 11 is 0. The van der Waals surface area contributed by atoms with Crippen molar-refractivity contribution in [3.63, 3.8) is 0 Å². The number of hydrogen-bond acceptors (Lipinski definition) is 4. The Morgan fingerprint density at radius 3 is 2.48 bits per heavy atom. The molecule has 0 aliphatic carbocycles. The zero-order valence-corrected chi connectivity index (χ0v) is 12.2. The monoisotopic (exact) mass is 302 g/mol. The summed E-state index contributed by atoms with van der Waals surface area (Å²) in [4.78, 5) is -0.0851. The number of nitrogens with zero attached hydrogens (tertiary/aromatic N) is 1. The standard InChI is InChI=1S/C15H14N2O3S/c1-17-21(18,19)15-9-5-8-14(13(15)10-16)20-11-12-6-3-2-4-7-12/h2-9,17H,11H2,1H3. The van der Waals surface area contributed by atoms with Crippen LogP contribution in [0.2, 0.25) is 0 Å². The topological polar surface area (TPSA) is 79.2 Å². The molecule has 0 spiro atoms. The molecule has 5 nitrogen and oxygen atoms in total. The van der Waals surface area contributed by atoms with Gasteiger partial charge >= 0.3 is 0 Å². The first kappa shape index (κ1) is 15.0. The van der Waals surface area contributed by atoms with Gasteiger partial charge in [-0.05, 0) is 24.7 Å². The predicted octanol–water partition coefficient (Wildman–Crippen LogP) is 2.05. The summed E-state index contributed by atoms with van der Waals surface area (Å²) in [7, 11) is -2.40. The summed E-state index contributed by atoms with van der Waals surface area (Å²) in [6, 6.07) is 15.8. The van der Waals surface area contributed by atoms with Gasteiger partial charge in [-0.1, -0.05) is 36.4 Å². The minimum Gasteiger partial charge on any atom is -0.487 e. The number of rotatable bonds is 5. The Morgan fingerprint density at radius 1 is 1.14 bits per heavy atom. The number of hydrogen-bond donors (Lipinski definition) is 1. The molecular formula is C15H14N2O3S. The first-order valence-electron chi connectivity index (χ1n) is 6.22. The Labute approximate surface area is 123 Å². The zero-order valence-electron chi connectivity index (χ0n) is 11.4. The number of ether oxygens (including phenoxy) is 1. The Bertz CT molecular complexity index is 765. The van der Waals surface area contributed by atoms with Crippen molar-refractivity contribution in [1.82, 2.24) is 4.72 Å².